The van der Waals surface area contributed by atoms with Crippen LogP contribution in [0, 0.1) is 13.8 Å². The van der Waals surface area contributed by atoms with Crippen molar-refractivity contribution < 1.29 is 9.47 Å². The Morgan fingerprint density at radius 2 is 1.68 bits per heavy atom. The lowest BCUT2D eigenvalue weighted by Gasteiger charge is -2.14. The normalized spacial score (nSPS) is 11.2. The summed E-state index contributed by atoms with van der Waals surface area (Å²) in [5.74, 6) is 1.97. The van der Waals surface area contributed by atoms with Crippen LogP contribution >= 0.6 is 0 Å². The van der Waals surface area contributed by atoms with Gasteiger partial charge in [-0.3, -0.25) is 4.79 Å². The standard InChI is InChI=1S/C25H23N3O3/c1-17-7-6-8-18(2)24(17)31-16-23-27-22-10-5-4-9-21(22)25(29)28(23)26-15-19-11-13-20(30-3)14-12-19/h4-15H,16H2,1-3H3. The molecule has 0 saturated heterocycles. The average Bonchev–Trinajstić information content (AvgIpc) is 2.79. The molecular weight excluding hydrogens is 390 g/mol. The molecule has 3 aromatic carbocycles. The van der Waals surface area contributed by atoms with E-state index < -0.39 is 0 Å². The molecule has 0 aliphatic rings. The third-order valence-corrected chi connectivity index (χ3v) is 5.01. The van der Waals surface area contributed by atoms with Crippen LogP contribution in [-0.4, -0.2) is 23.0 Å². The first-order valence-corrected chi connectivity index (χ1v) is 9.95. The SMILES string of the molecule is COc1ccc(C=Nn2c(COc3c(C)cccc3C)nc3ccccc3c2=O)cc1. The van der Waals surface area contributed by atoms with Gasteiger partial charge in [-0.1, -0.05) is 30.3 Å². The molecule has 1 heterocycles. The molecule has 31 heavy (non-hydrogen) atoms. The van der Waals surface area contributed by atoms with Crippen molar-refractivity contribution in [1.82, 2.24) is 9.66 Å². The molecule has 0 saturated carbocycles. The van der Waals surface area contributed by atoms with E-state index in [-0.39, 0.29) is 12.2 Å². The number of ether oxygens (including phenoxy) is 2. The lowest BCUT2D eigenvalue weighted by molar-refractivity contribution is 0.285. The molecular formula is C25H23N3O3. The Morgan fingerprint density at radius 3 is 2.39 bits per heavy atom. The van der Waals surface area contributed by atoms with Gasteiger partial charge in [-0.25, -0.2) is 4.98 Å². The smallest absolute Gasteiger partial charge is 0.282 e. The van der Waals surface area contributed by atoms with Crippen LogP contribution < -0.4 is 15.0 Å². The second-order valence-corrected chi connectivity index (χ2v) is 7.19. The van der Waals surface area contributed by atoms with Crippen molar-refractivity contribution in [3.8, 4) is 11.5 Å². The zero-order chi connectivity index (χ0) is 21.8. The summed E-state index contributed by atoms with van der Waals surface area (Å²) in [5.41, 5.74) is 3.26. The van der Waals surface area contributed by atoms with Gasteiger partial charge in [0.1, 0.15) is 18.1 Å². The van der Waals surface area contributed by atoms with E-state index in [2.05, 4.69) is 10.1 Å². The number of aromatic nitrogens is 2. The molecule has 1 aromatic heterocycles. The number of nitrogens with zero attached hydrogens (tertiary/aromatic N) is 3. The minimum absolute atomic E-state index is 0.117. The maximum atomic E-state index is 13.1. The van der Waals surface area contributed by atoms with Gasteiger partial charge >= 0.3 is 0 Å². The van der Waals surface area contributed by atoms with Gasteiger partial charge in [0, 0.05) is 0 Å². The Kier molecular flexibility index (Phi) is 5.80. The third-order valence-electron chi connectivity index (χ3n) is 5.01. The second kappa shape index (κ2) is 8.83. The fourth-order valence-corrected chi connectivity index (χ4v) is 3.36. The number of benzene rings is 3. The van der Waals surface area contributed by atoms with Crippen LogP contribution in [0.1, 0.15) is 22.5 Å². The van der Waals surface area contributed by atoms with Crippen LogP contribution in [-0.2, 0) is 6.61 Å². The van der Waals surface area contributed by atoms with E-state index in [9.17, 15) is 4.79 Å². The molecule has 0 spiro atoms. The predicted molar refractivity (Wildman–Crippen MR) is 122 cm³/mol. The van der Waals surface area contributed by atoms with Crippen LogP contribution in [0.5, 0.6) is 11.5 Å². The van der Waals surface area contributed by atoms with Crippen molar-refractivity contribution in [1.29, 1.82) is 0 Å². The highest BCUT2D eigenvalue weighted by Gasteiger charge is 2.12. The Bertz CT molecular complexity index is 1290. The number of hydrogen-bond donors (Lipinski definition) is 0. The lowest BCUT2D eigenvalue weighted by Crippen LogP contribution is -2.23. The zero-order valence-electron chi connectivity index (χ0n) is 17.7. The first kappa shape index (κ1) is 20.3. The number of para-hydroxylation sites is 2. The van der Waals surface area contributed by atoms with E-state index in [0.717, 1.165) is 28.2 Å². The minimum Gasteiger partial charge on any atom is -0.497 e. The fourth-order valence-electron chi connectivity index (χ4n) is 3.36. The van der Waals surface area contributed by atoms with Crippen molar-refractivity contribution in [2.75, 3.05) is 7.11 Å². The van der Waals surface area contributed by atoms with Crippen molar-refractivity contribution in [3.63, 3.8) is 0 Å². The summed E-state index contributed by atoms with van der Waals surface area (Å²) in [6.45, 7) is 4.10. The Hall–Kier alpha value is -3.93. The Balaban J connectivity index is 1.74. The summed E-state index contributed by atoms with van der Waals surface area (Å²) in [4.78, 5) is 17.8. The van der Waals surface area contributed by atoms with Gasteiger partial charge in [0.2, 0.25) is 0 Å². The van der Waals surface area contributed by atoms with Crippen LogP contribution in [0.15, 0.2) is 76.6 Å². The highest BCUT2D eigenvalue weighted by Crippen LogP contribution is 2.23. The molecule has 0 radical (unpaired) electrons. The van der Waals surface area contributed by atoms with Gasteiger partial charge in [-0.2, -0.15) is 9.78 Å². The molecule has 156 valence electrons. The molecule has 0 aliphatic heterocycles. The summed E-state index contributed by atoms with van der Waals surface area (Å²) >= 11 is 0. The van der Waals surface area contributed by atoms with Gasteiger partial charge in [-0.15, -0.1) is 0 Å². The molecule has 0 fully saturated rings. The predicted octanol–water partition coefficient (Wildman–Crippen LogP) is 4.48. The molecule has 0 unspecified atom stereocenters. The van der Waals surface area contributed by atoms with E-state index in [4.69, 9.17) is 9.47 Å². The maximum Gasteiger partial charge on any atom is 0.282 e. The summed E-state index contributed by atoms with van der Waals surface area (Å²) in [5, 5.41) is 4.94. The molecule has 6 heteroatoms. The highest BCUT2D eigenvalue weighted by molar-refractivity contribution is 5.80. The number of hydrogen-bond acceptors (Lipinski definition) is 5. The fraction of sp³-hybridized carbons (Fsp3) is 0.160. The zero-order valence-corrected chi connectivity index (χ0v) is 17.7. The first-order valence-electron chi connectivity index (χ1n) is 9.95. The lowest BCUT2D eigenvalue weighted by atomic mass is 10.1. The summed E-state index contributed by atoms with van der Waals surface area (Å²) in [6.07, 6.45) is 1.62. The molecule has 0 aliphatic carbocycles. The maximum absolute atomic E-state index is 13.1. The van der Waals surface area contributed by atoms with E-state index in [1.165, 1.54) is 4.68 Å². The van der Waals surface area contributed by atoms with Crippen molar-refractivity contribution in [2.24, 2.45) is 5.10 Å². The first-order chi connectivity index (χ1) is 15.1. The average molecular weight is 413 g/mol. The second-order valence-electron chi connectivity index (χ2n) is 7.19. The number of fused-ring (bicyclic) bond motifs is 1. The highest BCUT2D eigenvalue weighted by atomic mass is 16.5. The molecule has 0 N–H and O–H groups in total. The van der Waals surface area contributed by atoms with Gasteiger partial charge in [0.05, 0.1) is 24.2 Å². The minimum atomic E-state index is -0.240. The summed E-state index contributed by atoms with van der Waals surface area (Å²) in [6, 6.07) is 20.6. The third kappa shape index (κ3) is 4.33. The number of aryl methyl sites for hydroxylation is 2. The summed E-state index contributed by atoms with van der Waals surface area (Å²) < 4.78 is 12.6. The Morgan fingerprint density at radius 1 is 0.968 bits per heavy atom. The van der Waals surface area contributed by atoms with Crippen LogP contribution in [0.4, 0.5) is 0 Å². The molecule has 4 aromatic rings. The van der Waals surface area contributed by atoms with E-state index in [1.54, 1.807) is 19.4 Å². The molecule has 0 bridgehead atoms. The topological polar surface area (TPSA) is 65.7 Å². The molecule has 4 rings (SSSR count). The largest absolute Gasteiger partial charge is 0.497 e. The van der Waals surface area contributed by atoms with E-state index >= 15 is 0 Å². The van der Waals surface area contributed by atoms with Gasteiger partial charge in [-0.05, 0) is 66.9 Å². The monoisotopic (exact) mass is 413 g/mol. The van der Waals surface area contributed by atoms with Crippen molar-refractivity contribution in [3.05, 3.63) is 99.6 Å². The van der Waals surface area contributed by atoms with Crippen molar-refractivity contribution >= 4 is 17.1 Å². The molecule has 0 amide bonds. The van der Waals surface area contributed by atoms with E-state index in [1.807, 2.05) is 74.5 Å². The van der Waals surface area contributed by atoms with Gasteiger partial charge in [0.25, 0.3) is 5.56 Å². The number of methoxy groups -OCH3 is 1. The van der Waals surface area contributed by atoms with Crippen LogP contribution in [0.25, 0.3) is 10.9 Å². The molecule has 0 atom stereocenters. The van der Waals surface area contributed by atoms with Gasteiger partial charge in [0.15, 0.2) is 5.82 Å². The quantitative estimate of drug-likeness (QED) is 0.437. The Labute approximate surface area is 180 Å². The molecule has 6 nitrogen and oxygen atoms in total. The summed E-state index contributed by atoms with van der Waals surface area (Å²) in [7, 11) is 1.62. The van der Waals surface area contributed by atoms with Crippen LogP contribution in [0.3, 0.4) is 0 Å². The number of rotatable bonds is 6. The van der Waals surface area contributed by atoms with Crippen molar-refractivity contribution in [2.45, 2.75) is 20.5 Å². The van der Waals surface area contributed by atoms with E-state index in [0.29, 0.717) is 16.7 Å². The van der Waals surface area contributed by atoms with Gasteiger partial charge < -0.3 is 9.47 Å². The van der Waals surface area contributed by atoms with Crippen LogP contribution in [0.2, 0.25) is 0 Å².